The Morgan fingerprint density at radius 2 is 2.22 bits per heavy atom. The topological polar surface area (TPSA) is 71.5 Å². The highest BCUT2D eigenvalue weighted by molar-refractivity contribution is 6.38. The van der Waals surface area contributed by atoms with Gasteiger partial charge in [0.2, 0.25) is 5.79 Å². The van der Waals surface area contributed by atoms with Gasteiger partial charge in [0.25, 0.3) is 0 Å². The molecule has 1 aromatic carbocycles. The summed E-state index contributed by atoms with van der Waals surface area (Å²) in [4.78, 5) is 3.98. The molecule has 4 rings (SSSR count). The van der Waals surface area contributed by atoms with Crippen molar-refractivity contribution in [1.82, 2.24) is 14.8 Å². The average Bonchev–Trinajstić information content (AvgIpc) is 3.36. The normalized spacial score (nSPS) is 22.7. The van der Waals surface area contributed by atoms with Gasteiger partial charge in [0.15, 0.2) is 11.3 Å². The third-order valence-electron chi connectivity index (χ3n) is 4.26. The van der Waals surface area contributed by atoms with E-state index in [4.69, 9.17) is 41.8 Å². The van der Waals surface area contributed by atoms with Crippen LogP contribution in [0.25, 0.3) is 11.0 Å². The maximum atomic E-state index is 6.28. The van der Waals surface area contributed by atoms with E-state index in [-0.39, 0.29) is 12.6 Å². The molecule has 27 heavy (non-hydrogen) atoms. The molecule has 144 valence electrons. The smallest absolute Gasteiger partial charge is 0.249 e. The Hall–Kier alpha value is -1.64. The lowest BCUT2D eigenvalue weighted by Gasteiger charge is -2.25. The largest absolute Gasteiger partial charge is 0.454 e. The SMILES string of the molecule is CCCOC[C@H]1CO[C@@](Cn2cncn2)(c2cc3cc(Cl)cc(Cl)c3o2)O1. The van der Waals surface area contributed by atoms with Crippen LogP contribution in [0.5, 0.6) is 0 Å². The van der Waals surface area contributed by atoms with Gasteiger partial charge in [0.05, 0.1) is 18.2 Å². The fourth-order valence-corrected chi connectivity index (χ4v) is 3.64. The first kappa shape index (κ1) is 18.7. The second kappa shape index (κ2) is 7.77. The van der Waals surface area contributed by atoms with E-state index < -0.39 is 5.79 Å². The average molecular weight is 412 g/mol. The van der Waals surface area contributed by atoms with Crippen molar-refractivity contribution in [2.45, 2.75) is 31.8 Å². The molecule has 0 spiro atoms. The van der Waals surface area contributed by atoms with Crippen molar-refractivity contribution < 1.29 is 18.6 Å². The first-order chi connectivity index (χ1) is 13.1. The number of hydrogen-bond donors (Lipinski definition) is 0. The Morgan fingerprint density at radius 1 is 1.33 bits per heavy atom. The number of furan rings is 1. The molecule has 1 fully saturated rings. The van der Waals surface area contributed by atoms with Crippen LogP contribution in [0.2, 0.25) is 10.0 Å². The number of hydrogen-bond acceptors (Lipinski definition) is 6. The molecule has 2 atom stereocenters. The summed E-state index contributed by atoms with van der Waals surface area (Å²) in [5.41, 5.74) is 0.534. The fraction of sp³-hybridized carbons (Fsp3) is 0.444. The van der Waals surface area contributed by atoms with E-state index in [1.54, 1.807) is 23.1 Å². The highest BCUT2D eigenvalue weighted by Crippen LogP contribution is 2.40. The van der Waals surface area contributed by atoms with Gasteiger partial charge in [0.1, 0.15) is 25.3 Å². The van der Waals surface area contributed by atoms with E-state index in [2.05, 4.69) is 17.0 Å². The van der Waals surface area contributed by atoms with Crippen molar-refractivity contribution in [3.05, 3.63) is 46.7 Å². The Labute approximate surface area is 166 Å². The summed E-state index contributed by atoms with van der Waals surface area (Å²) < 4.78 is 25.6. The van der Waals surface area contributed by atoms with Crippen molar-refractivity contribution in [2.24, 2.45) is 0 Å². The van der Waals surface area contributed by atoms with Crippen LogP contribution in [-0.2, 0) is 26.5 Å². The molecular formula is C18H19Cl2N3O4. The van der Waals surface area contributed by atoms with Crippen LogP contribution >= 0.6 is 23.2 Å². The van der Waals surface area contributed by atoms with Crippen LogP contribution in [0.4, 0.5) is 0 Å². The van der Waals surface area contributed by atoms with E-state index in [9.17, 15) is 0 Å². The Bertz CT molecular complexity index is 915. The standard InChI is InChI=1S/C18H19Cl2N3O4/c1-2-3-24-7-14-8-25-18(27-14,9-23-11-21-10-22-23)16-5-12-4-13(19)6-15(20)17(12)26-16/h4-6,10-11,14H,2-3,7-9H2,1H3/t14-,18+/m0/s1. The maximum Gasteiger partial charge on any atom is 0.249 e. The quantitative estimate of drug-likeness (QED) is 0.546. The van der Waals surface area contributed by atoms with Crippen LogP contribution in [0.3, 0.4) is 0 Å². The number of benzene rings is 1. The first-order valence-electron chi connectivity index (χ1n) is 8.70. The zero-order valence-corrected chi connectivity index (χ0v) is 16.2. The summed E-state index contributed by atoms with van der Waals surface area (Å²) in [5.74, 6) is -0.655. The van der Waals surface area contributed by atoms with Gasteiger partial charge in [0, 0.05) is 17.0 Å². The van der Waals surface area contributed by atoms with Gasteiger partial charge in [-0.15, -0.1) is 0 Å². The number of ether oxygens (including phenoxy) is 3. The van der Waals surface area contributed by atoms with E-state index in [1.165, 1.54) is 6.33 Å². The van der Waals surface area contributed by atoms with Crippen LogP contribution in [0.15, 0.2) is 35.3 Å². The number of halogens is 2. The highest BCUT2D eigenvalue weighted by Gasteiger charge is 2.47. The zero-order chi connectivity index (χ0) is 18.9. The number of rotatable bonds is 7. The summed E-state index contributed by atoms with van der Waals surface area (Å²) >= 11 is 12.4. The van der Waals surface area contributed by atoms with Crippen molar-refractivity contribution in [2.75, 3.05) is 19.8 Å². The monoisotopic (exact) mass is 411 g/mol. The third-order valence-corrected chi connectivity index (χ3v) is 4.76. The molecule has 0 radical (unpaired) electrons. The first-order valence-corrected chi connectivity index (χ1v) is 9.46. The van der Waals surface area contributed by atoms with Crippen LogP contribution < -0.4 is 0 Å². The van der Waals surface area contributed by atoms with Gasteiger partial charge < -0.3 is 18.6 Å². The van der Waals surface area contributed by atoms with Gasteiger partial charge in [-0.05, 0) is 24.6 Å². The van der Waals surface area contributed by atoms with Crippen LogP contribution in [-0.4, -0.2) is 40.7 Å². The van der Waals surface area contributed by atoms with Crippen molar-refractivity contribution in [1.29, 1.82) is 0 Å². The predicted molar refractivity (Wildman–Crippen MR) is 99.9 cm³/mol. The second-order valence-electron chi connectivity index (χ2n) is 6.39. The maximum absolute atomic E-state index is 6.28. The number of fused-ring (bicyclic) bond motifs is 1. The van der Waals surface area contributed by atoms with Gasteiger partial charge in [-0.1, -0.05) is 30.1 Å². The van der Waals surface area contributed by atoms with E-state index in [1.807, 2.05) is 6.07 Å². The summed E-state index contributed by atoms with van der Waals surface area (Å²) in [6.45, 7) is 3.84. The predicted octanol–water partition coefficient (Wildman–Crippen LogP) is 4.03. The molecule has 1 saturated heterocycles. The second-order valence-corrected chi connectivity index (χ2v) is 7.23. The molecule has 0 bridgehead atoms. The number of aromatic nitrogens is 3. The van der Waals surface area contributed by atoms with E-state index >= 15 is 0 Å². The molecule has 0 N–H and O–H groups in total. The fourth-order valence-electron chi connectivity index (χ4n) is 3.09. The molecule has 0 aliphatic carbocycles. The molecule has 2 aromatic heterocycles. The minimum absolute atomic E-state index is 0.215. The van der Waals surface area contributed by atoms with Gasteiger partial charge in [-0.3, -0.25) is 0 Å². The van der Waals surface area contributed by atoms with Crippen molar-refractivity contribution >= 4 is 34.2 Å². The molecular weight excluding hydrogens is 393 g/mol. The molecule has 9 heteroatoms. The summed E-state index contributed by atoms with van der Waals surface area (Å²) in [7, 11) is 0. The van der Waals surface area contributed by atoms with E-state index in [0.29, 0.717) is 41.2 Å². The van der Waals surface area contributed by atoms with Crippen molar-refractivity contribution in [3.8, 4) is 0 Å². The zero-order valence-electron chi connectivity index (χ0n) is 14.7. The summed E-state index contributed by atoms with van der Waals surface area (Å²) in [6.07, 6.45) is 3.79. The highest BCUT2D eigenvalue weighted by atomic mass is 35.5. The van der Waals surface area contributed by atoms with Crippen LogP contribution in [0, 0.1) is 0 Å². The Balaban J connectivity index is 1.67. The molecule has 3 heterocycles. The molecule has 0 unspecified atom stereocenters. The van der Waals surface area contributed by atoms with Crippen molar-refractivity contribution in [3.63, 3.8) is 0 Å². The van der Waals surface area contributed by atoms with Gasteiger partial charge in [-0.2, -0.15) is 5.10 Å². The molecule has 3 aromatic rings. The van der Waals surface area contributed by atoms with E-state index in [0.717, 1.165) is 11.8 Å². The summed E-state index contributed by atoms with van der Waals surface area (Å²) in [6, 6.07) is 5.26. The lowest BCUT2D eigenvalue weighted by molar-refractivity contribution is -0.203. The molecule has 0 saturated carbocycles. The molecule has 0 amide bonds. The lowest BCUT2D eigenvalue weighted by Crippen LogP contribution is -2.34. The number of nitrogens with zero attached hydrogens (tertiary/aromatic N) is 3. The Kier molecular flexibility index (Phi) is 5.39. The molecule has 1 aliphatic heterocycles. The minimum atomic E-state index is -1.15. The molecule has 7 nitrogen and oxygen atoms in total. The summed E-state index contributed by atoms with van der Waals surface area (Å²) in [5, 5.41) is 5.90. The Morgan fingerprint density at radius 3 is 3.00 bits per heavy atom. The third kappa shape index (κ3) is 3.83. The van der Waals surface area contributed by atoms with Crippen LogP contribution in [0.1, 0.15) is 19.1 Å². The minimum Gasteiger partial charge on any atom is -0.454 e. The van der Waals surface area contributed by atoms with Gasteiger partial charge in [-0.25, -0.2) is 9.67 Å². The lowest BCUT2D eigenvalue weighted by atomic mass is 10.2. The molecule has 1 aliphatic rings. The van der Waals surface area contributed by atoms with Gasteiger partial charge >= 0.3 is 0 Å².